The molecule has 90 valence electrons. The summed E-state index contributed by atoms with van der Waals surface area (Å²) in [5.74, 6) is 0.884. The Morgan fingerprint density at radius 1 is 1.41 bits per heavy atom. The topological polar surface area (TPSA) is 82.8 Å². The summed E-state index contributed by atoms with van der Waals surface area (Å²) < 4.78 is 6.39. The number of aromatic nitrogens is 5. The molecular weight excluding hydrogens is 242 g/mol. The lowest BCUT2D eigenvalue weighted by Crippen LogP contribution is -2.03. The van der Waals surface area contributed by atoms with Gasteiger partial charge in [-0.3, -0.25) is 0 Å². The highest BCUT2D eigenvalue weighted by atomic mass is 32.1. The highest BCUT2D eigenvalue weighted by Gasteiger charge is 2.16. The molecule has 0 saturated carbocycles. The van der Waals surface area contributed by atoms with Crippen LogP contribution in [0, 0.1) is 13.8 Å². The lowest BCUT2D eigenvalue weighted by atomic mass is 10.7. The van der Waals surface area contributed by atoms with Crippen LogP contribution in [0.5, 0.6) is 0 Å². The van der Waals surface area contributed by atoms with Crippen LogP contribution in [0.4, 0.5) is 0 Å². The Hall–Kier alpha value is -1.83. The zero-order valence-corrected chi connectivity index (χ0v) is 10.5. The van der Waals surface area contributed by atoms with Gasteiger partial charge in [0.1, 0.15) is 11.6 Å². The summed E-state index contributed by atoms with van der Waals surface area (Å²) in [6, 6.07) is 0. The SMILES string of the molecule is CCOC(=O)c1nnc(-n2nc(C)nc2C)s1. The van der Waals surface area contributed by atoms with Crippen LogP contribution in [0.1, 0.15) is 28.4 Å². The minimum Gasteiger partial charge on any atom is -0.461 e. The van der Waals surface area contributed by atoms with E-state index in [1.165, 1.54) is 0 Å². The highest BCUT2D eigenvalue weighted by molar-refractivity contribution is 7.15. The minimum atomic E-state index is -0.467. The van der Waals surface area contributed by atoms with Crippen molar-refractivity contribution in [3.05, 3.63) is 16.7 Å². The Kier molecular flexibility index (Phi) is 3.14. The van der Waals surface area contributed by atoms with E-state index in [2.05, 4.69) is 20.3 Å². The first-order valence-electron chi connectivity index (χ1n) is 5.03. The van der Waals surface area contributed by atoms with Crippen LogP contribution in [0.15, 0.2) is 0 Å². The standard InChI is InChI=1S/C9H11N5O2S/c1-4-16-8(15)7-11-12-9(17-7)14-6(3)10-5(2)13-14/h4H2,1-3H3. The van der Waals surface area contributed by atoms with Crippen LogP contribution in [0.3, 0.4) is 0 Å². The molecule has 0 saturated heterocycles. The van der Waals surface area contributed by atoms with Gasteiger partial charge in [-0.1, -0.05) is 11.3 Å². The maximum absolute atomic E-state index is 11.4. The second-order valence-corrected chi connectivity index (χ2v) is 4.18. The van der Waals surface area contributed by atoms with Gasteiger partial charge in [0, 0.05) is 0 Å². The first kappa shape index (κ1) is 11.6. The number of carbonyl (C=O) groups is 1. The van der Waals surface area contributed by atoms with Crippen molar-refractivity contribution in [1.29, 1.82) is 0 Å². The third-order valence-electron chi connectivity index (χ3n) is 1.92. The molecule has 2 rings (SSSR count). The van der Waals surface area contributed by atoms with Crippen LogP contribution in [-0.2, 0) is 4.74 Å². The van der Waals surface area contributed by atoms with Gasteiger partial charge in [-0.05, 0) is 20.8 Å². The van der Waals surface area contributed by atoms with Crippen LogP contribution < -0.4 is 0 Å². The fourth-order valence-electron chi connectivity index (χ4n) is 1.28. The first-order chi connectivity index (χ1) is 8.11. The Balaban J connectivity index is 2.30. The molecule has 8 heteroatoms. The van der Waals surface area contributed by atoms with E-state index in [0.29, 0.717) is 23.4 Å². The normalized spacial score (nSPS) is 10.5. The predicted molar refractivity (Wildman–Crippen MR) is 60.3 cm³/mol. The zero-order valence-electron chi connectivity index (χ0n) is 9.67. The molecule has 7 nitrogen and oxygen atoms in total. The Bertz CT molecular complexity index is 547. The molecule has 0 aliphatic carbocycles. The van der Waals surface area contributed by atoms with Crippen LogP contribution in [0.2, 0.25) is 0 Å². The number of nitrogens with zero attached hydrogens (tertiary/aromatic N) is 5. The molecule has 17 heavy (non-hydrogen) atoms. The van der Waals surface area contributed by atoms with E-state index in [9.17, 15) is 4.79 Å². The first-order valence-corrected chi connectivity index (χ1v) is 5.84. The number of ether oxygens (including phenoxy) is 1. The molecule has 0 aliphatic rings. The van der Waals surface area contributed by atoms with Gasteiger partial charge in [0.25, 0.3) is 0 Å². The number of hydrogen-bond donors (Lipinski definition) is 0. The molecule has 0 amide bonds. The largest absolute Gasteiger partial charge is 0.461 e. The van der Waals surface area contributed by atoms with Gasteiger partial charge in [-0.2, -0.15) is 4.68 Å². The van der Waals surface area contributed by atoms with Crippen molar-refractivity contribution in [2.75, 3.05) is 6.61 Å². The summed E-state index contributed by atoms with van der Waals surface area (Å²) in [6.45, 7) is 5.65. The van der Waals surface area contributed by atoms with Crippen LogP contribution in [-0.4, -0.2) is 37.5 Å². The Morgan fingerprint density at radius 3 is 2.76 bits per heavy atom. The van der Waals surface area contributed by atoms with Crippen molar-refractivity contribution in [3.8, 4) is 5.13 Å². The fraction of sp³-hybridized carbons (Fsp3) is 0.444. The van der Waals surface area contributed by atoms with Crippen molar-refractivity contribution in [3.63, 3.8) is 0 Å². The van der Waals surface area contributed by atoms with Gasteiger partial charge < -0.3 is 4.74 Å². The second-order valence-electron chi connectivity index (χ2n) is 3.23. The monoisotopic (exact) mass is 253 g/mol. The molecule has 2 aromatic heterocycles. The van der Waals surface area contributed by atoms with E-state index in [1.807, 2.05) is 6.92 Å². The van der Waals surface area contributed by atoms with Gasteiger partial charge in [0.05, 0.1) is 6.61 Å². The van der Waals surface area contributed by atoms with Gasteiger partial charge >= 0.3 is 5.97 Å². The van der Waals surface area contributed by atoms with Crippen molar-refractivity contribution in [2.45, 2.75) is 20.8 Å². The Labute approximate surface area is 101 Å². The average Bonchev–Trinajstić information content (AvgIpc) is 2.85. The third-order valence-corrected chi connectivity index (χ3v) is 2.80. The van der Waals surface area contributed by atoms with Crippen molar-refractivity contribution in [1.82, 2.24) is 25.0 Å². The molecule has 0 bridgehead atoms. The van der Waals surface area contributed by atoms with E-state index in [4.69, 9.17) is 4.74 Å². The minimum absolute atomic E-state index is 0.217. The summed E-state index contributed by atoms with van der Waals surface area (Å²) in [5.41, 5.74) is 0. The smallest absolute Gasteiger partial charge is 0.369 e. The van der Waals surface area contributed by atoms with Crippen molar-refractivity contribution < 1.29 is 9.53 Å². The van der Waals surface area contributed by atoms with Crippen LogP contribution in [0.25, 0.3) is 5.13 Å². The van der Waals surface area contributed by atoms with Crippen LogP contribution >= 0.6 is 11.3 Å². The van der Waals surface area contributed by atoms with E-state index < -0.39 is 5.97 Å². The zero-order chi connectivity index (χ0) is 12.4. The molecule has 0 aromatic carbocycles. The molecule has 0 aliphatic heterocycles. The molecule has 2 aromatic rings. The number of rotatable bonds is 3. The van der Waals surface area contributed by atoms with E-state index in [1.54, 1.807) is 18.5 Å². The number of esters is 1. The summed E-state index contributed by atoms with van der Waals surface area (Å²) in [6.07, 6.45) is 0. The van der Waals surface area contributed by atoms with E-state index >= 15 is 0 Å². The molecule has 0 N–H and O–H groups in total. The number of aryl methyl sites for hydroxylation is 2. The van der Waals surface area contributed by atoms with E-state index in [-0.39, 0.29) is 5.01 Å². The Morgan fingerprint density at radius 2 is 2.18 bits per heavy atom. The molecule has 0 unspecified atom stereocenters. The maximum atomic E-state index is 11.4. The lowest BCUT2D eigenvalue weighted by Gasteiger charge is -1.95. The molecular formula is C9H11N5O2S. The number of hydrogen-bond acceptors (Lipinski definition) is 7. The van der Waals surface area contributed by atoms with Crippen molar-refractivity contribution in [2.24, 2.45) is 0 Å². The third kappa shape index (κ3) is 2.31. The molecule has 2 heterocycles. The predicted octanol–water partition coefficient (Wildman–Crippen LogP) is 0.912. The van der Waals surface area contributed by atoms with Gasteiger partial charge in [-0.15, -0.1) is 15.3 Å². The van der Waals surface area contributed by atoms with Gasteiger partial charge in [0.15, 0.2) is 0 Å². The second kappa shape index (κ2) is 4.58. The van der Waals surface area contributed by atoms with Gasteiger partial charge in [0.2, 0.25) is 10.1 Å². The molecule has 0 spiro atoms. The molecule has 0 fully saturated rings. The quantitative estimate of drug-likeness (QED) is 0.756. The summed E-state index contributed by atoms with van der Waals surface area (Å²) >= 11 is 1.13. The average molecular weight is 253 g/mol. The number of carbonyl (C=O) groups excluding carboxylic acids is 1. The lowest BCUT2D eigenvalue weighted by molar-refractivity contribution is 0.0525. The van der Waals surface area contributed by atoms with Gasteiger partial charge in [-0.25, -0.2) is 9.78 Å². The maximum Gasteiger partial charge on any atom is 0.369 e. The fourth-order valence-corrected chi connectivity index (χ4v) is 2.02. The summed E-state index contributed by atoms with van der Waals surface area (Å²) in [5, 5.41) is 12.5. The molecule has 0 radical (unpaired) electrons. The summed E-state index contributed by atoms with van der Waals surface area (Å²) in [4.78, 5) is 15.6. The van der Waals surface area contributed by atoms with Crippen molar-refractivity contribution >= 4 is 17.3 Å². The van der Waals surface area contributed by atoms with E-state index in [0.717, 1.165) is 11.3 Å². The summed E-state index contributed by atoms with van der Waals surface area (Å²) in [7, 11) is 0. The highest BCUT2D eigenvalue weighted by Crippen LogP contribution is 2.16. The molecule has 0 atom stereocenters.